The highest BCUT2D eigenvalue weighted by atomic mass is 32.1. The van der Waals surface area contributed by atoms with Crippen LogP contribution in [0.4, 0.5) is 0 Å². The van der Waals surface area contributed by atoms with Gasteiger partial charge in [-0.2, -0.15) is 0 Å². The lowest BCUT2D eigenvalue weighted by atomic mass is 10.4. The minimum absolute atomic E-state index is 0.0944. The monoisotopic (exact) mass is 202 g/mol. The second-order valence-electron chi connectivity index (χ2n) is 2.93. The lowest BCUT2D eigenvalue weighted by molar-refractivity contribution is -0.128. The van der Waals surface area contributed by atoms with Gasteiger partial charge in [0, 0.05) is 13.1 Å². The zero-order valence-corrected chi connectivity index (χ0v) is 8.52. The van der Waals surface area contributed by atoms with E-state index in [0.29, 0.717) is 0 Å². The van der Waals surface area contributed by atoms with Crippen molar-refractivity contribution in [1.29, 1.82) is 0 Å². The molecule has 1 N–H and O–H groups in total. The predicted molar refractivity (Wildman–Crippen MR) is 53.4 cm³/mol. The Morgan fingerprint density at radius 3 is 2.69 bits per heavy atom. The normalized spacial score (nSPS) is 15.6. The molecule has 5 heteroatoms. The maximum Gasteiger partial charge on any atom is 0.256 e. The number of methoxy groups -OCH3 is 1. The summed E-state index contributed by atoms with van der Waals surface area (Å²) in [5.74, 6) is 0.0944. The standard InChI is InChI=1S/C8H14N2O2S/c1-12-8(13)9-6-7(11)10-4-2-3-5-10/h2-6H2,1H3,(H,9,13). The molecule has 0 aromatic rings. The molecule has 1 rings (SSSR count). The number of ether oxygens (including phenoxy) is 1. The SMILES string of the molecule is COC(=S)NCC(=O)N1CCCC1. The molecule has 74 valence electrons. The van der Waals surface area contributed by atoms with Crippen molar-refractivity contribution in [2.45, 2.75) is 12.8 Å². The number of thiocarbonyl (C=S) groups is 1. The highest BCUT2D eigenvalue weighted by Gasteiger charge is 2.17. The highest BCUT2D eigenvalue weighted by Crippen LogP contribution is 2.06. The van der Waals surface area contributed by atoms with E-state index in [1.165, 1.54) is 7.11 Å². The number of carbonyl (C=O) groups is 1. The van der Waals surface area contributed by atoms with Crippen LogP contribution < -0.4 is 5.32 Å². The third-order valence-corrected chi connectivity index (χ3v) is 2.34. The molecule has 1 saturated heterocycles. The Morgan fingerprint density at radius 2 is 2.15 bits per heavy atom. The molecule has 1 aliphatic rings. The third kappa shape index (κ3) is 3.18. The van der Waals surface area contributed by atoms with Crippen LogP contribution in [-0.2, 0) is 9.53 Å². The molecule has 0 radical (unpaired) electrons. The Balaban J connectivity index is 2.20. The summed E-state index contributed by atoms with van der Waals surface area (Å²) in [7, 11) is 1.48. The average molecular weight is 202 g/mol. The first-order valence-electron chi connectivity index (χ1n) is 4.33. The van der Waals surface area contributed by atoms with Crippen LogP contribution in [0, 0.1) is 0 Å². The lowest BCUT2D eigenvalue weighted by Crippen LogP contribution is -2.38. The Hall–Kier alpha value is -0.840. The van der Waals surface area contributed by atoms with Gasteiger partial charge in [0.15, 0.2) is 0 Å². The molecule has 0 bridgehead atoms. The van der Waals surface area contributed by atoms with Crippen molar-refractivity contribution >= 4 is 23.3 Å². The maximum absolute atomic E-state index is 11.4. The lowest BCUT2D eigenvalue weighted by Gasteiger charge is -2.15. The van der Waals surface area contributed by atoms with Crippen molar-refractivity contribution in [1.82, 2.24) is 10.2 Å². The largest absolute Gasteiger partial charge is 0.474 e. The minimum atomic E-state index is 0.0944. The van der Waals surface area contributed by atoms with Gasteiger partial charge in [0.25, 0.3) is 5.17 Å². The second kappa shape index (κ2) is 5.01. The van der Waals surface area contributed by atoms with Crippen LogP contribution in [0.15, 0.2) is 0 Å². The number of hydrogen-bond donors (Lipinski definition) is 1. The average Bonchev–Trinajstić information content (AvgIpc) is 2.66. The molecule has 4 nitrogen and oxygen atoms in total. The molecule has 1 fully saturated rings. The van der Waals surface area contributed by atoms with Gasteiger partial charge in [-0.1, -0.05) is 0 Å². The summed E-state index contributed by atoms with van der Waals surface area (Å²) in [6, 6.07) is 0. The fraction of sp³-hybridized carbons (Fsp3) is 0.750. The van der Waals surface area contributed by atoms with Gasteiger partial charge in [-0.05, 0) is 25.1 Å². The molecule has 1 amide bonds. The maximum atomic E-state index is 11.4. The summed E-state index contributed by atoms with van der Waals surface area (Å²) in [6.45, 7) is 1.99. The number of nitrogens with one attached hydrogen (secondary N) is 1. The molecule has 0 saturated carbocycles. The van der Waals surface area contributed by atoms with Gasteiger partial charge in [-0.3, -0.25) is 4.79 Å². The summed E-state index contributed by atoms with van der Waals surface area (Å²) in [4.78, 5) is 13.3. The number of likely N-dealkylation sites (tertiary alicyclic amines) is 1. The van der Waals surface area contributed by atoms with Crippen molar-refractivity contribution < 1.29 is 9.53 Å². The van der Waals surface area contributed by atoms with Crippen LogP contribution >= 0.6 is 12.2 Å². The predicted octanol–water partition coefficient (Wildman–Crippen LogP) is 0.130. The van der Waals surface area contributed by atoms with Crippen LogP contribution in [0.1, 0.15) is 12.8 Å². The fourth-order valence-electron chi connectivity index (χ4n) is 1.30. The van der Waals surface area contributed by atoms with Crippen LogP contribution in [0.5, 0.6) is 0 Å². The molecular weight excluding hydrogens is 188 g/mol. The Labute approximate surface area is 83.2 Å². The smallest absolute Gasteiger partial charge is 0.256 e. The van der Waals surface area contributed by atoms with Gasteiger partial charge in [0.2, 0.25) is 5.91 Å². The van der Waals surface area contributed by atoms with E-state index in [9.17, 15) is 4.79 Å². The van der Waals surface area contributed by atoms with E-state index in [4.69, 9.17) is 17.0 Å². The van der Waals surface area contributed by atoms with Crippen LogP contribution in [-0.4, -0.2) is 42.7 Å². The van der Waals surface area contributed by atoms with Crippen molar-refractivity contribution in [2.24, 2.45) is 0 Å². The first kappa shape index (κ1) is 10.2. The van der Waals surface area contributed by atoms with Gasteiger partial charge in [-0.15, -0.1) is 0 Å². The van der Waals surface area contributed by atoms with Crippen molar-refractivity contribution in [3.63, 3.8) is 0 Å². The first-order chi connectivity index (χ1) is 6.24. The number of amides is 1. The molecule has 0 aromatic carbocycles. The summed E-state index contributed by atoms with van der Waals surface area (Å²) >= 11 is 4.74. The fourth-order valence-corrected chi connectivity index (χ4v) is 1.37. The van der Waals surface area contributed by atoms with E-state index in [1.807, 2.05) is 4.90 Å². The van der Waals surface area contributed by atoms with Gasteiger partial charge in [0.05, 0.1) is 13.7 Å². The molecular formula is C8H14N2O2S. The summed E-state index contributed by atoms with van der Waals surface area (Å²) in [5.41, 5.74) is 0. The molecule has 13 heavy (non-hydrogen) atoms. The summed E-state index contributed by atoms with van der Waals surface area (Å²) in [5, 5.41) is 3.00. The zero-order valence-electron chi connectivity index (χ0n) is 7.71. The van der Waals surface area contributed by atoms with Crippen LogP contribution in [0.2, 0.25) is 0 Å². The van der Waals surface area contributed by atoms with E-state index in [2.05, 4.69) is 5.32 Å². The van der Waals surface area contributed by atoms with E-state index in [-0.39, 0.29) is 17.6 Å². The van der Waals surface area contributed by atoms with Crippen molar-refractivity contribution in [3.05, 3.63) is 0 Å². The van der Waals surface area contributed by atoms with Crippen LogP contribution in [0.25, 0.3) is 0 Å². The quantitative estimate of drug-likeness (QED) is 0.646. The molecule has 1 heterocycles. The Kier molecular flexibility index (Phi) is 3.95. The number of nitrogens with zero attached hydrogens (tertiary/aromatic N) is 1. The zero-order chi connectivity index (χ0) is 9.68. The highest BCUT2D eigenvalue weighted by molar-refractivity contribution is 7.80. The van der Waals surface area contributed by atoms with Gasteiger partial charge in [-0.25, -0.2) is 0 Å². The van der Waals surface area contributed by atoms with Gasteiger partial charge in [0.1, 0.15) is 0 Å². The molecule has 0 aliphatic carbocycles. The van der Waals surface area contributed by atoms with E-state index < -0.39 is 0 Å². The second-order valence-corrected chi connectivity index (χ2v) is 3.30. The van der Waals surface area contributed by atoms with E-state index in [0.717, 1.165) is 25.9 Å². The van der Waals surface area contributed by atoms with E-state index >= 15 is 0 Å². The van der Waals surface area contributed by atoms with Crippen molar-refractivity contribution in [3.8, 4) is 0 Å². The Bertz CT molecular complexity index is 202. The molecule has 0 aromatic heterocycles. The number of rotatable bonds is 2. The Morgan fingerprint density at radius 1 is 1.54 bits per heavy atom. The van der Waals surface area contributed by atoms with Gasteiger partial charge >= 0.3 is 0 Å². The van der Waals surface area contributed by atoms with Crippen molar-refractivity contribution in [2.75, 3.05) is 26.7 Å². The number of hydrogen-bond acceptors (Lipinski definition) is 3. The number of carbonyl (C=O) groups excluding carboxylic acids is 1. The topological polar surface area (TPSA) is 41.6 Å². The molecule has 0 unspecified atom stereocenters. The van der Waals surface area contributed by atoms with Crippen LogP contribution in [0.3, 0.4) is 0 Å². The summed E-state index contributed by atoms with van der Waals surface area (Å²) in [6.07, 6.45) is 2.22. The summed E-state index contributed by atoms with van der Waals surface area (Å²) < 4.78 is 4.71. The third-order valence-electron chi connectivity index (χ3n) is 2.03. The molecule has 0 spiro atoms. The van der Waals surface area contributed by atoms with E-state index in [1.54, 1.807) is 0 Å². The van der Waals surface area contributed by atoms with Gasteiger partial charge < -0.3 is 15.0 Å². The minimum Gasteiger partial charge on any atom is -0.474 e. The molecule has 0 atom stereocenters. The molecule has 1 aliphatic heterocycles. The first-order valence-corrected chi connectivity index (χ1v) is 4.74.